The summed E-state index contributed by atoms with van der Waals surface area (Å²) in [7, 11) is 1.74. The standard InChI is InChI=1S/C17H28N2O/c1-17(2,3)13-7-8-16(20-4)15(12-13)19-14-6-5-10-18-11-9-14/h7-8,12,14,18-19H,5-6,9-11H2,1-4H3. The maximum absolute atomic E-state index is 5.51. The van der Waals surface area contributed by atoms with Crippen molar-refractivity contribution in [2.75, 3.05) is 25.5 Å². The van der Waals surface area contributed by atoms with Crippen LogP contribution in [0.4, 0.5) is 5.69 Å². The molecule has 2 rings (SSSR count). The molecule has 3 nitrogen and oxygen atoms in total. The average molecular weight is 276 g/mol. The minimum atomic E-state index is 0.160. The highest BCUT2D eigenvalue weighted by atomic mass is 16.5. The summed E-state index contributed by atoms with van der Waals surface area (Å²) in [5, 5.41) is 7.14. The van der Waals surface area contributed by atoms with Gasteiger partial charge in [0.2, 0.25) is 0 Å². The molecule has 0 amide bonds. The van der Waals surface area contributed by atoms with E-state index in [0.29, 0.717) is 6.04 Å². The Morgan fingerprint density at radius 2 is 2.00 bits per heavy atom. The van der Waals surface area contributed by atoms with E-state index in [1.54, 1.807) is 7.11 Å². The number of hydrogen-bond acceptors (Lipinski definition) is 3. The Kier molecular flexibility index (Phi) is 4.92. The van der Waals surface area contributed by atoms with Crippen LogP contribution >= 0.6 is 0 Å². The van der Waals surface area contributed by atoms with Gasteiger partial charge < -0.3 is 15.4 Å². The molecule has 0 spiro atoms. The van der Waals surface area contributed by atoms with E-state index in [1.165, 1.54) is 24.8 Å². The quantitative estimate of drug-likeness (QED) is 0.886. The van der Waals surface area contributed by atoms with Crippen molar-refractivity contribution >= 4 is 5.69 Å². The maximum Gasteiger partial charge on any atom is 0.141 e. The molecular formula is C17H28N2O. The van der Waals surface area contributed by atoms with Crippen LogP contribution in [0.2, 0.25) is 0 Å². The van der Waals surface area contributed by atoms with E-state index in [0.717, 1.165) is 24.5 Å². The Hall–Kier alpha value is -1.22. The lowest BCUT2D eigenvalue weighted by molar-refractivity contribution is 0.415. The molecular weight excluding hydrogens is 248 g/mol. The van der Waals surface area contributed by atoms with E-state index in [2.05, 4.69) is 49.6 Å². The molecule has 1 atom stereocenters. The molecule has 1 saturated heterocycles. The molecule has 0 aliphatic carbocycles. The fourth-order valence-corrected chi connectivity index (χ4v) is 2.67. The Labute approximate surface area is 123 Å². The Bertz CT molecular complexity index is 429. The molecule has 1 aliphatic heterocycles. The predicted molar refractivity (Wildman–Crippen MR) is 85.8 cm³/mol. The van der Waals surface area contributed by atoms with Crippen LogP contribution in [-0.2, 0) is 5.41 Å². The van der Waals surface area contributed by atoms with E-state index in [4.69, 9.17) is 4.74 Å². The van der Waals surface area contributed by atoms with Crippen molar-refractivity contribution in [3.05, 3.63) is 23.8 Å². The molecule has 0 saturated carbocycles. The van der Waals surface area contributed by atoms with Gasteiger partial charge in [-0.3, -0.25) is 0 Å². The van der Waals surface area contributed by atoms with Crippen LogP contribution in [0.3, 0.4) is 0 Å². The zero-order chi connectivity index (χ0) is 14.6. The van der Waals surface area contributed by atoms with Gasteiger partial charge in [0.1, 0.15) is 5.75 Å². The minimum absolute atomic E-state index is 0.160. The molecule has 0 radical (unpaired) electrons. The largest absolute Gasteiger partial charge is 0.495 e. The van der Waals surface area contributed by atoms with E-state index >= 15 is 0 Å². The lowest BCUT2D eigenvalue weighted by Gasteiger charge is -2.24. The van der Waals surface area contributed by atoms with Gasteiger partial charge in [-0.2, -0.15) is 0 Å². The Balaban J connectivity index is 2.19. The number of anilines is 1. The molecule has 0 aromatic heterocycles. The molecule has 2 N–H and O–H groups in total. The molecule has 1 aromatic rings. The van der Waals surface area contributed by atoms with Crippen LogP contribution in [-0.4, -0.2) is 26.2 Å². The first-order valence-electron chi connectivity index (χ1n) is 7.66. The summed E-state index contributed by atoms with van der Waals surface area (Å²) in [5.74, 6) is 0.940. The summed E-state index contributed by atoms with van der Waals surface area (Å²) in [4.78, 5) is 0. The van der Waals surface area contributed by atoms with Gasteiger partial charge in [-0.05, 0) is 55.5 Å². The molecule has 0 bridgehead atoms. The van der Waals surface area contributed by atoms with Crippen molar-refractivity contribution in [1.29, 1.82) is 0 Å². The SMILES string of the molecule is COc1ccc(C(C)(C)C)cc1NC1CCCNCC1. The van der Waals surface area contributed by atoms with E-state index in [-0.39, 0.29) is 5.41 Å². The van der Waals surface area contributed by atoms with Crippen LogP contribution in [0.15, 0.2) is 18.2 Å². The zero-order valence-electron chi connectivity index (χ0n) is 13.3. The topological polar surface area (TPSA) is 33.3 Å². The second-order valence-corrected chi connectivity index (χ2v) is 6.69. The van der Waals surface area contributed by atoms with Crippen molar-refractivity contribution in [1.82, 2.24) is 5.32 Å². The first-order valence-corrected chi connectivity index (χ1v) is 7.66. The highest BCUT2D eigenvalue weighted by Gasteiger charge is 2.18. The number of methoxy groups -OCH3 is 1. The van der Waals surface area contributed by atoms with E-state index in [1.807, 2.05) is 0 Å². The third-order valence-electron chi connectivity index (χ3n) is 4.00. The summed E-state index contributed by atoms with van der Waals surface area (Å²) < 4.78 is 5.51. The number of benzene rings is 1. The monoisotopic (exact) mass is 276 g/mol. The number of ether oxygens (including phenoxy) is 1. The predicted octanol–water partition coefficient (Wildman–Crippen LogP) is 3.55. The van der Waals surface area contributed by atoms with Gasteiger partial charge in [0.25, 0.3) is 0 Å². The third-order valence-corrected chi connectivity index (χ3v) is 4.00. The molecule has 1 unspecified atom stereocenters. The number of rotatable bonds is 3. The second kappa shape index (κ2) is 6.49. The second-order valence-electron chi connectivity index (χ2n) is 6.69. The van der Waals surface area contributed by atoms with Gasteiger partial charge in [0.15, 0.2) is 0 Å². The van der Waals surface area contributed by atoms with Crippen LogP contribution in [0.5, 0.6) is 5.75 Å². The molecule has 1 aromatic carbocycles. The normalized spacial score (nSPS) is 20.3. The van der Waals surface area contributed by atoms with Gasteiger partial charge in [-0.1, -0.05) is 26.8 Å². The van der Waals surface area contributed by atoms with E-state index in [9.17, 15) is 0 Å². The zero-order valence-corrected chi connectivity index (χ0v) is 13.3. The van der Waals surface area contributed by atoms with Gasteiger partial charge in [-0.15, -0.1) is 0 Å². The summed E-state index contributed by atoms with van der Waals surface area (Å²) in [6.07, 6.45) is 3.62. The lowest BCUT2D eigenvalue weighted by Crippen LogP contribution is -2.22. The molecule has 1 aliphatic rings. The lowest BCUT2D eigenvalue weighted by atomic mass is 9.86. The smallest absolute Gasteiger partial charge is 0.141 e. The molecule has 3 heteroatoms. The summed E-state index contributed by atoms with van der Waals surface area (Å²) in [6, 6.07) is 7.03. The summed E-state index contributed by atoms with van der Waals surface area (Å²) >= 11 is 0. The molecule has 1 fully saturated rings. The molecule has 1 heterocycles. The summed E-state index contributed by atoms with van der Waals surface area (Å²) in [6.45, 7) is 8.97. The molecule has 112 valence electrons. The molecule has 20 heavy (non-hydrogen) atoms. The van der Waals surface area contributed by atoms with Gasteiger partial charge >= 0.3 is 0 Å². The van der Waals surface area contributed by atoms with Gasteiger partial charge in [-0.25, -0.2) is 0 Å². The first-order chi connectivity index (χ1) is 9.50. The van der Waals surface area contributed by atoms with Crippen molar-refractivity contribution < 1.29 is 4.74 Å². The fourth-order valence-electron chi connectivity index (χ4n) is 2.67. The number of nitrogens with one attached hydrogen (secondary N) is 2. The minimum Gasteiger partial charge on any atom is -0.495 e. The fraction of sp³-hybridized carbons (Fsp3) is 0.647. The van der Waals surface area contributed by atoms with Crippen molar-refractivity contribution in [3.8, 4) is 5.75 Å². The van der Waals surface area contributed by atoms with Crippen LogP contribution < -0.4 is 15.4 Å². The maximum atomic E-state index is 5.51. The van der Waals surface area contributed by atoms with Crippen molar-refractivity contribution in [3.63, 3.8) is 0 Å². The van der Waals surface area contributed by atoms with E-state index < -0.39 is 0 Å². The van der Waals surface area contributed by atoms with Crippen molar-refractivity contribution in [2.45, 2.75) is 51.5 Å². The van der Waals surface area contributed by atoms with Gasteiger partial charge in [0, 0.05) is 6.04 Å². The average Bonchev–Trinajstić information content (AvgIpc) is 2.66. The van der Waals surface area contributed by atoms with Gasteiger partial charge in [0.05, 0.1) is 12.8 Å². The Morgan fingerprint density at radius 1 is 1.20 bits per heavy atom. The first kappa shape index (κ1) is 15.2. The van der Waals surface area contributed by atoms with Crippen LogP contribution in [0.25, 0.3) is 0 Å². The summed E-state index contributed by atoms with van der Waals surface area (Å²) in [5.41, 5.74) is 2.63. The number of hydrogen-bond donors (Lipinski definition) is 2. The van der Waals surface area contributed by atoms with Crippen LogP contribution in [0.1, 0.15) is 45.6 Å². The highest BCUT2D eigenvalue weighted by Crippen LogP contribution is 2.32. The third kappa shape index (κ3) is 3.89. The highest BCUT2D eigenvalue weighted by molar-refractivity contribution is 5.59. The van der Waals surface area contributed by atoms with Crippen LogP contribution in [0, 0.1) is 0 Å². The Morgan fingerprint density at radius 3 is 2.70 bits per heavy atom. The van der Waals surface area contributed by atoms with Crippen molar-refractivity contribution in [2.24, 2.45) is 0 Å².